The highest BCUT2D eigenvalue weighted by molar-refractivity contribution is 7.92. The third-order valence-corrected chi connectivity index (χ3v) is 3.68. The second kappa shape index (κ2) is 6.05. The summed E-state index contributed by atoms with van der Waals surface area (Å²) in [5.41, 5.74) is -0.232. The summed E-state index contributed by atoms with van der Waals surface area (Å²) in [7, 11) is -3.65. The minimum atomic E-state index is -3.65. The Balaban J connectivity index is 2.76. The number of nitrogens with one attached hydrogen (secondary N) is 1. The van der Waals surface area contributed by atoms with Gasteiger partial charge in [-0.15, -0.1) is 0 Å². The van der Waals surface area contributed by atoms with Crippen molar-refractivity contribution in [3.63, 3.8) is 0 Å². The predicted molar refractivity (Wildman–Crippen MR) is 80.5 cm³/mol. The van der Waals surface area contributed by atoms with E-state index < -0.39 is 21.6 Å². The first-order valence-electron chi connectivity index (χ1n) is 6.11. The van der Waals surface area contributed by atoms with Gasteiger partial charge in [-0.2, -0.15) is 5.10 Å². The molecule has 0 aliphatic carbocycles. The first kappa shape index (κ1) is 16.4. The number of alkyl halides is 1. The van der Waals surface area contributed by atoms with Crippen LogP contribution in [0.15, 0.2) is 12.1 Å². The average molecular weight is 351 g/mol. The lowest BCUT2D eigenvalue weighted by Gasteiger charge is -2.02. The molecule has 0 amide bonds. The van der Waals surface area contributed by atoms with Crippen molar-refractivity contribution in [2.45, 2.75) is 13.0 Å². The maximum Gasteiger partial charge on any atom is 0.295 e. The lowest BCUT2D eigenvalue weighted by molar-refractivity contribution is -0.383. The molecule has 1 aromatic heterocycles. The first-order valence-corrected chi connectivity index (χ1v) is 8.38. The third kappa shape index (κ3) is 3.28. The van der Waals surface area contributed by atoms with Crippen LogP contribution in [0.25, 0.3) is 10.9 Å². The third-order valence-electron chi connectivity index (χ3n) is 2.80. The molecule has 0 radical (unpaired) electrons. The Labute approximate surface area is 130 Å². The van der Waals surface area contributed by atoms with Crippen LogP contribution in [0.2, 0.25) is 5.02 Å². The number of hydrogen-bond acceptors (Lipinski definition) is 5. The Morgan fingerprint density at radius 2 is 2.18 bits per heavy atom. The van der Waals surface area contributed by atoms with Gasteiger partial charge < -0.3 is 0 Å². The van der Waals surface area contributed by atoms with Crippen LogP contribution >= 0.6 is 11.6 Å². The van der Waals surface area contributed by atoms with E-state index in [0.717, 1.165) is 6.26 Å². The summed E-state index contributed by atoms with van der Waals surface area (Å²) in [6.07, 6.45) is 1.00. The number of fused-ring (bicyclic) bond motifs is 1. The molecule has 0 atom stereocenters. The molecule has 1 N–H and O–H groups in total. The summed E-state index contributed by atoms with van der Waals surface area (Å²) in [5.74, 6) is -0.120. The molecule has 11 heteroatoms. The van der Waals surface area contributed by atoms with E-state index in [1.54, 1.807) is 0 Å². The van der Waals surface area contributed by atoms with Crippen LogP contribution in [0, 0.1) is 10.1 Å². The van der Waals surface area contributed by atoms with Crippen LogP contribution in [0.1, 0.15) is 6.42 Å². The molecule has 0 unspecified atom stereocenters. The number of nitro groups is 1. The molecule has 8 nitrogen and oxygen atoms in total. The van der Waals surface area contributed by atoms with Gasteiger partial charge in [-0.1, -0.05) is 11.6 Å². The van der Waals surface area contributed by atoms with E-state index in [1.165, 1.54) is 16.8 Å². The number of rotatable bonds is 6. The molecule has 0 fully saturated rings. The van der Waals surface area contributed by atoms with Crippen LogP contribution in [-0.2, 0) is 16.6 Å². The van der Waals surface area contributed by atoms with Gasteiger partial charge >= 0.3 is 0 Å². The van der Waals surface area contributed by atoms with E-state index in [-0.39, 0.29) is 40.4 Å². The maximum atomic E-state index is 12.4. The van der Waals surface area contributed by atoms with Gasteiger partial charge in [0.1, 0.15) is 5.52 Å². The smallest absolute Gasteiger partial charge is 0.266 e. The van der Waals surface area contributed by atoms with Crippen molar-refractivity contribution in [1.82, 2.24) is 9.78 Å². The summed E-state index contributed by atoms with van der Waals surface area (Å²) < 4.78 is 38.5. The van der Waals surface area contributed by atoms with Gasteiger partial charge in [-0.05, 0) is 12.5 Å². The standard InChI is InChI=1S/C11H12ClFN4O4S/c1-22(20,21)15-11-9-7(12)3-4-8(17(18)19)10(9)16(14-11)6-2-5-13/h3-4H,2,5-6H2,1H3,(H,14,15). The molecule has 0 spiro atoms. The number of non-ortho nitro benzene ring substituents is 1. The normalized spacial score (nSPS) is 11.8. The van der Waals surface area contributed by atoms with E-state index >= 15 is 0 Å². The van der Waals surface area contributed by atoms with Crippen LogP contribution in [-0.4, -0.2) is 36.1 Å². The molecule has 0 saturated heterocycles. The monoisotopic (exact) mass is 350 g/mol. The first-order chi connectivity index (χ1) is 10.2. The van der Waals surface area contributed by atoms with Crippen LogP contribution < -0.4 is 4.72 Å². The zero-order valence-corrected chi connectivity index (χ0v) is 13.0. The lowest BCUT2D eigenvalue weighted by Crippen LogP contribution is -2.11. The van der Waals surface area contributed by atoms with Crippen molar-refractivity contribution < 1.29 is 17.7 Å². The van der Waals surface area contributed by atoms with Gasteiger partial charge in [0.05, 0.1) is 28.3 Å². The summed E-state index contributed by atoms with van der Waals surface area (Å²) in [6, 6.07) is 2.49. The van der Waals surface area contributed by atoms with E-state index in [9.17, 15) is 22.9 Å². The highest BCUT2D eigenvalue weighted by atomic mass is 35.5. The Morgan fingerprint density at radius 3 is 2.73 bits per heavy atom. The van der Waals surface area contributed by atoms with E-state index in [4.69, 9.17) is 11.6 Å². The summed E-state index contributed by atoms with van der Waals surface area (Å²) in [5, 5.41) is 15.4. The Bertz CT molecular complexity index is 836. The van der Waals surface area contributed by atoms with Crippen molar-refractivity contribution in [3.05, 3.63) is 27.3 Å². The molecular weight excluding hydrogens is 339 g/mol. The number of anilines is 1. The molecule has 120 valence electrons. The number of sulfonamides is 1. The Morgan fingerprint density at radius 1 is 1.50 bits per heavy atom. The number of hydrogen-bond donors (Lipinski definition) is 1. The van der Waals surface area contributed by atoms with Crippen LogP contribution in [0.4, 0.5) is 15.9 Å². The number of nitrogens with zero attached hydrogens (tertiary/aromatic N) is 3. The number of halogens is 2. The van der Waals surface area contributed by atoms with Gasteiger partial charge in [0.15, 0.2) is 5.82 Å². The van der Waals surface area contributed by atoms with Crippen molar-refractivity contribution in [2.24, 2.45) is 0 Å². The Hall–Kier alpha value is -1.94. The van der Waals surface area contributed by atoms with Gasteiger partial charge in [0.25, 0.3) is 5.69 Å². The predicted octanol–water partition coefficient (Wildman–Crippen LogP) is 2.33. The van der Waals surface area contributed by atoms with Crippen molar-refractivity contribution in [1.29, 1.82) is 0 Å². The minimum Gasteiger partial charge on any atom is -0.266 e. The second-order valence-electron chi connectivity index (χ2n) is 4.54. The minimum absolute atomic E-state index is 0.0529. The summed E-state index contributed by atoms with van der Waals surface area (Å²) >= 11 is 6.03. The average Bonchev–Trinajstić information content (AvgIpc) is 2.74. The highest BCUT2D eigenvalue weighted by Crippen LogP contribution is 2.36. The molecule has 2 rings (SSSR count). The Kier molecular flexibility index (Phi) is 4.52. The van der Waals surface area contributed by atoms with Gasteiger partial charge in [0, 0.05) is 12.6 Å². The SMILES string of the molecule is CS(=O)(=O)Nc1nn(CCCF)c2c([N+](=O)[O-])ccc(Cl)c12. The number of aryl methyl sites for hydroxylation is 1. The molecular formula is C11H12ClFN4O4S. The largest absolute Gasteiger partial charge is 0.295 e. The molecule has 22 heavy (non-hydrogen) atoms. The second-order valence-corrected chi connectivity index (χ2v) is 6.69. The van der Waals surface area contributed by atoms with Gasteiger partial charge in [-0.3, -0.25) is 23.9 Å². The summed E-state index contributed by atoms with van der Waals surface area (Å²) in [6.45, 7) is -0.579. The molecule has 0 bridgehead atoms. The fraction of sp³-hybridized carbons (Fsp3) is 0.364. The fourth-order valence-electron chi connectivity index (χ4n) is 2.03. The van der Waals surface area contributed by atoms with E-state index in [0.29, 0.717) is 0 Å². The quantitative estimate of drug-likeness (QED) is 0.635. The molecule has 1 aromatic carbocycles. The van der Waals surface area contributed by atoms with Crippen molar-refractivity contribution in [2.75, 3.05) is 17.7 Å². The number of benzene rings is 1. The lowest BCUT2D eigenvalue weighted by atomic mass is 10.2. The zero-order chi connectivity index (χ0) is 16.5. The highest BCUT2D eigenvalue weighted by Gasteiger charge is 2.24. The zero-order valence-electron chi connectivity index (χ0n) is 11.4. The van der Waals surface area contributed by atoms with Crippen molar-refractivity contribution >= 4 is 44.0 Å². The molecule has 0 aliphatic rings. The van der Waals surface area contributed by atoms with Crippen molar-refractivity contribution in [3.8, 4) is 0 Å². The number of aromatic nitrogens is 2. The van der Waals surface area contributed by atoms with Crippen LogP contribution in [0.3, 0.4) is 0 Å². The number of nitro benzene ring substituents is 1. The van der Waals surface area contributed by atoms with Crippen LogP contribution in [0.5, 0.6) is 0 Å². The maximum absolute atomic E-state index is 12.4. The molecule has 0 saturated carbocycles. The molecule has 1 heterocycles. The van der Waals surface area contributed by atoms with Gasteiger partial charge in [0.2, 0.25) is 10.0 Å². The van der Waals surface area contributed by atoms with E-state index in [1.807, 2.05) is 0 Å². The molecule has 2 aromatic rings. The molecule has 0 aliphatic heterocycles. The topological polar surface area (TPSA) is 107 Å². The fourth-order valence-corrected chi connectivity index (χ4v) is 2.76. The summed E-state index contributed by atoms with van der Waals surface area (Å²) in [4.78, 5) is 10.5. The van der Waals surface area contributed by atoms with E-state index in [2.05, 4.69) is 9.82 Å². The van der Waals surface area contributed by atoms with Gasteiger partial charge in [-0.25, -0.2) is 8.42 Å².